The monoisotopic (exact) mass is 715 g/mol. The number of hydrogen-bond donors (Lipinski definition) is 0. The second-order valence-electron chi connectivity index (χ2n) is 16.2. The van der Waals surface area contributed by atoms with Crippen molar-refractivity contribution in [3.8, 4) is 22.3 Å². The van der Waals surface area contributed by atoms with Crippen molar-refractivity contribution in [3.63, 3.8) is 0 Å². The summed E-state index contributed by atoms with van der Waals surface area (Å²) in [4.78, 5) is 2.59. The van der Waals surface area contributed by atoms with E-state index in [0.717, 1.165) is 25.9 Å². The lowest BCUT2D eigenvalue weighted by Crippen LogP contribution is -2.35. The van der Waals surface area contributed by atoms with Crippen LogP contribution in [0.15, 0.2) is 182 Å². The molecule has 0 N–H and O–H groups in total. The van der Waals surface area contributed by atoms with Crippen LogP contribution in [0.1, 0.15) is 79.2 Å². The minimum atomic E-state index is -0.359. The van der Waals surface area contributed by atoms with Crippen LogP contribution < -0.4 is 4.90 Å². The number of hydrogen-bond acceptors (Lipinski definition) is 1. The second kappa shape index (κ2) is 11.8. The van der Waals surface area contributed by atoms with Crippen LogP contribution in [-0.2, 0) is 30.2 Å². The molecule has 0 amide bonds. The summed E-state index contributed by atoms with van der Waals surface area (Å²) < 4.78 is 0. The standard InChI is InChI=1S/C55H41N/c1-2-56(41-30-29-40-33-38-16-4-10-22-47(38)55(53(40)34-41)50-25-13-7-19-44(50)45-20-8-14-26-51(45)55)35-36-27-28-39-32-37-15-3-9-21-46(37)54(52(39)31-36)48-23-11-5-17-42(48)43-18-6-12-24-49(43)54/h3-31,34H,2,32-33,35H2,1H3. The SMILES string of the molecule is CCN(Cc1ccc2c(c1)C1(c3ccccc3C2)c2ccccc2-c2ccccc21)c1ccc2c(c1)C1(c3ccccc3C2)c2ccccc2-c2ccccc21. The smallest absolute Gasteiger partial charge is 0.0719 e. The molecular formula is C55H41N. The van der Waals surface area contributed by atoms with E-state index in [9.17, 15) is 0 Å². The van der Waals surface area contributed by atoms with Crippen LogP contribution in [0, 0.1) is 0 Å². The summed E-state index contributed by atoms with van der Waals surface area (Å²) in [6.07, 6.45) is 1.90. The summed E-state index contributed by atoms with van der Waals surface area (Å²) in [6, 6.07) is 69.7. The molecule has 0 radical (unpaired) electrons. The predicted molar refractivity (Wildman–Crippen MR) is 230 cm³/mol. The van der Waals surface area contributed by atoms with Crippen LogP contribution in [0.5, 0.6) is 0 Å². The maximum Gasteiger partial charge on any atom is 0.0719 e. The van der Waals surface area contributed by atoms with Crippen LogP contribution in [0.2, 0.25) is 0 Å². The Hall–Kier alpha value is -6.44. The number of fused-ring (bicyclic) bond motifs is 18. The van der Waals surface area contributed by atoms with E-state index in [1.807, 2.05) is 0 Å². The van der Waals surface area contributed by atoms with Gasteiger partial charge in [0.1, 0.15) is 0 Å². The fourth-order valence-corrected chi connectivity index (χ4v) is 11.5. The summed E-state index contributed by atoms with van der Waals surface area (Å²) in [7, 11) is 0. The Kier molecular flexibility index (Phi) is 6.70. The number of rotatable bonds is 4. The molecule has 4 aliphatic rings. The summed E-state index contributed by atoms with van der Waals surface area (Å²) in [5.41, 5.74) is 24.3. The van der Waals surface area contributed by atoms with E-state index < -0.39 is 0 Å². The normalized spacial score (nSPS) is 15.2. The number of nitrogens with zero attached hydrogens (tertiary/aromatic N) is 1. The van der Waals surface area contributed by atoms with Gasteiger partial charge in [-0.2, -0.15) is 0 Å². The molecule has 0 heterocycles. The fraction of sp³-hybridized carbons (Fsp3) is 0.127. The van der Waals surface area contributed by atoms with E-state index in [4.69, 9.17) is 0 Å². The van der Waals surface area contributed by atoms with E-state index in [1.54, 1.807) is 0 Å². The van der Waals surface area contributed by atoms with Crippen LogP contribution in [-0.4, -0.2) is 6.54 Å². The maximum atomic E-state index is 2.59. The Morgan fingerprint density at radius 2 is 0.750 bits per heavy atom. The Morgan fingerprint density at radius 1 is 0.375 bits per heavy atom. The highest BCUT2D eigenvalue weighted by Crippen LogP contribution is 2.61. The van der Waals surface area contributed by atoms with Crippen LogP contribution in [0.25, 0.3) is 22.3 Å². The third-order valence-corrected chi connectivity index (χ3v) is 13.7. The molecule has 0 aromatic heterocycles. The van der Waals surface area contributed by atoms with Gasteiger partial charge in [-0.25, -0.2) is 0 Å². The van der Waals surface area contributed by atoms with Gasteiger partial charge >= 0.3 is 0 Å². The maximum absolute atomic E-state index is 2.59. The summed E-state index contributed by atoms with van der Waals surface area (Å²) in [5, 5.41) is 0. The fourth-order valence-electron chi connectivity index (χ4n) is 11.5. The molecule has 1 nitrogen and oxygen atoms in total. The van der Waals surface area contributed by atoms with E-state index in [1.165, 1.54) is 100 Å². The summed E-state index contributed by atoms with van der Waals surface area (Å²) in [6.45, 7) is 4.05. The molecule has 4 aliphatic carbocycles. The Bertz CT molecular complexity index is 2820. The molecule has 12 rings (SSSR count). The minimum absolute atomic E-state index is 0.348. The zero-order valence-electron chi connectivity index (χ0n) is 31.6. The number of anilines is 1. The van der Waals surface area contributed by atoms with E-state index >= 15 is 0 Å². The molecule has 0 fully saturated rings. The minimum Gasteiger partial charge on any atom is -0.367 e. The molecular weight excluding hydrogens is 675 g/mol. The Labute approximate surface area is 329 Å². The zero-order valence-corrected chi connectivity index (χ0v) is 31.6. The molecule has 2 spiro atoms. The molecule has 0 atom stereocenters. The molecule has 56 heavy (non-hydrogen) atoms. The summed E-state index contributed by atoms with van der Waals surface area (Å²) in [5.74, 6) is 0. The van der Waals surface area contributed by atoms with Gasteiger partial charge in [-0.1, -0.05) is 170 Å². The third-order valence-electron chi connectivity index (χ3n) is 13.7. The van der Waals surface area contributed by atoms with Gasteiger partial charge in [-0.15, -0.1) is 0 Å². The van der Waals surface area contributed by atoms with E-state index in [0.29, 0.717) is 0 Å². The number of benzene rings is 8. The highest BCUT2D eigenvalue weighted by atomic mass is 15.1. The first-order chi connectivity index (χ1) is 27.7. The van der Waals surface area contributed by atoms with E-state index in [-0.39, 0.29) is 10.8 Å². The lowest BCUT2D eigenvalue weighted by molar-refractivity contribution is 0.714. The van der Waals surface area contributed by atoms with Gasteiger partial charge in [0.05, 0.1) is 10.8 Å². The van der Waals surface area contributed by atoms with Crippen molar-refractivity contribution in [2.45, 2.75) is 37.1 Å². The first kappa shape index (κ1) is 31.9. The first-order valence-corrected chi connectivity index (χ1v) is 20.3. The van der Waals surface area contributed by atoms with Crippen molar-refractivity contribution in [1.29, 1.82) is 0 Å². The first-order valence-electron chi connectivity index (χ1n) is 20.3. The van der Waals surface area contributed by atoms with Crippen molar-refractivity contribution >= 4 is 5.69 Å². The lowest BCUT2D eigenvalue weighted by atomic mass is 9.61. The van der Waals surface area contributed by atoms with Crippen molar-refractivity contribution in [1.82, 2.24) is 0 Å². The predicted octanol–water partition coefficient (Wildman–Crippen LogP) is 12.2. The van der Waals surface area contributed by atoms with Gasteiger partial charge < -0.3 is 4.90 Å². The second-order valence-corrected chi connectivity index (χ2v) is 16.2. The molecule has 0 aliphatic heterocycles. The van der Waals surface area contributed by atoms with Crippen LogP contribution in [0.4, 0.5) is 5.69 Å². The lowest BCUT2D eigenvalue weighted by Gasteiger charge is -2.41. The van der Waals surface area contributed by atoms with Gasteiger partial charge in [0.25, 0.3) is 0 Å². The van der Waals surface area contributed by atoms with Gasteiger partial charge in [0.2, 0.25) is 0 Å². The average molecular weight is 716 g/mol. The molecule has 0 unspecified atom stereocenters. The topological polar surface area (TPSA) is 3.24 Å². The van der Waals surface area contributed by atoms with Crippen molar-refractivity contribution in [2.24, 2.45) is 0 Å². The third kappa shape index (κ3) is 4.05. The molecule has 0 bridgehead atoms. The molecule has 0 saturated heterocycles. The molecule has 1 heteroatoms. The van der Waals surface area contributed by atoms with Crippen LogP contribution in [0.3, 0.4) is 0 Å². The summed E-state index contributed by atoms with van der Waals surface area (Å²) >= 11 is 0. The van der Waals surface area contributed by atoms with Crippen molar-refractivity contribution in [2.75, 3.05) is 11.4 Å². The Balaban J connectivity index is 1.01. The molecule has 266 valence electrons. The van der Waals surface area contributed by atoms with E-state index in [2.05, 4.69) is 194 Å². The zero-order chi connectivity index (χ0) is 37.0. The van der Waals surface area contributed by atoms with Gasteiger partial charge in [-0.3, -0.25) is 0 Å². The molecule has 8 aromatic carbocycles. The van der Waals surface area contributed by atoms with Crippen molar-refractivity contribution < 1.29 is 0 Å². The molecule has 8 aromatic rings. The quantitative estimate of drug-likeness (QED) is 0.175. The average Bonchev–Trinajstić information content (AvgIpc) is 3.72. The van der Waals surface area contributed by atoms with Gasteiger partial charge in [0, 0.05) is 18.8 Å². The van der Waals surface area contributed by atoms with Gasteiger partial charge in [0.15, 0.2) is 0 Å². The van der Waals surface area contributed by atoms with Crippen LogP contribution >= 0.6 is 0 Å². The van der Waals surface area contributed by atoms with Gasteiger partial charge in [-0.05, 0) is 126 Å². The Morgan fingerprint density at radius 3 is 1.21 bits per heavy atom. The van der Waals surface area contributed by atoms with Crippen molar-refractivity contribution in [3.05, 3.63) is 254 Å². The highest BCUT2D eigenvalue weighted by Gasteiger charge is 2.51. The highest BCUT2D eigenvalue weighted by molar-refractivity contribution is 5.89. The molecule has 0 saturated carbocycles. The largest absolute Gasteiger partial charge is 0.367 e.